The van der Waals surface area contributed by atoms with E-state index in [9.17, 15) is 15.0 Å². The maximum absolute atomic E-state index is 12.6. The predicted molar refractivity (Wildman–Crippen MR) is 130 cm³/mol. The molecule has 0 saturated heterocycles. The number of aliphatic carboxylic acids is 1. The van der Waals surface area contributed by atoms with Gasteiger partial charge in [0.05, 0.1) is 27.9 Å². The van der Waals surface area contributed by atoms with Crippen LogP contribution in [0.3, 0.4) is 0 Å². The van der Waals surface area contributed by atoms with Crippen LogP contribution in [0, 0.1) is 19.3 Å². The monoisotopic (exact) mass is 486 g/mol. The predicted octanol–water partition coefficient (Wildman–Crippen LogP) is 5.51. The second-order valence-corrected chi connectivity index (χ2v) is 10.8. The summed E-state index contributed by atoms with van der Waals surface area (Å²) in [5, 5.41) is 24.8. The summed E-state index contributed by atoms with van der Waals surface area (Å²) in [5.74, 6) is -0.437. The molecule has 4 rings (SSSR count). The van der Waals surface area contributed by atoms with Gasteiger partial charge in [-0.05, 0) is 61.8 Å². The Kier molecular flexibility index (Phi) is 6.20. The minimum absolute atomic E-state index is 0.358. The zero-order valence-electron chi connectivity index (χ0n) is 19.0. The van der Waals surface area contributed by atoms with Crippen molar-refractivity contribution in [1.29, 1.82) is 0 Å². The molecule has 0 spiro atoms. The summed E-state index contributed by atoms with van der Waals surface area (Å²) in [4.78, 5) is 26.6. The topological polar surface area (TPSA) is 108 Å². The molecule has 174 valence electrons. The van der Waals surface area contributed by atoms with Gasteiger partial charge in [-0.25, -0.2) is 15.0 Å². The zero-order chi connectivity index (χ0) is 24.0. The second-order valence-electron chi connectivity index (χ2n) is 9.36. The molecule has 2 unspecified atom stereocenters. The smallest absolute Gasteiger partial charge is 0.317 e. The van der Waals surface area contributed by atoms with Crippen molar-refractivity contribution in [2.24, 2.45) is 5.41 Å². The van der Waals surface area contributed by atoms with Gasteiger partial charge in [-0.3, -0.25) is 4.79 Å². The number of benzene rings is 1. The van der Waals surface area contributed by atoms with Gasteiger partial charge >= 0.3 is 5.97 Å². The lowest BCUT2D eigenvalue weighted by atomic mass is 9.57. The van der Waals surface area contributed by atoms with Crippen LogP contribution in [-0.4, -0.2) is 37.2 Å². The summed E-state index contributed by atoms with van der Waals surface area (Å²) < 4.78 is 0. The first-order valence-corrected chi connectivity index (χ1v) is 12.0. The second kappa shape index (κ2) is 8.66. The molecule has 3 N–H and O–H groups in total. The van der Waals surface area contributed by atoms with Crippen LogP contribution in [0.5, 0.6) is 0 Å². The van der Waals surface area contributed by atoms with Crippen LogP contribution < -0.4 is 5.32 Å². The number of aromatic nitrogens is 3. The van der Waals surface area contributed by atoms with Gasteiger partial charge in [0.15, 0.2) is 0 Å². The molecule has 1 aromatic carbocycles. The Hall–Kier alpha value is -2.55. The number of aliphatic hydroxyl groups excluding tert-OH is 1. The molecule has 0 aliphatic heterocycles. The number of aryl methyl sites for hydroxylation is 2. The van der Waals surface area contributed by atoms with E-state index in [1.165, 1.54) is 11.3 Å². The Labute approximate surface area is 201 Å². The standard InChI is InChI=1S/C24H27ClN4O3S/c1-13-7-15(9-16(8-13)29-22-27-11-18(25)14(2)28-22)19-12-26-20(33-19)24(21(31)32)6-5-17(30)10-23(24,3)4/h7-9,11-12,17,30H,5-6,10H2,1-4H3,(H,31,32)(H,27,28,29). The van der Waals surface area contributed by atoms with Crippen molar-refractivity contribution < 1.29 is 15.0 Å². The molecule has 2 heterocycles. The number of anilines is 2. The van der Waals surface area contributed by atoms with Gasteiger partial charge in [0.1, 0.15) is 10.4 Å². The minimum Gasteiger partial charge on any atom is -0.480 e. The third-order valence-corrected chi connectivity index (χ3v) is 8.11. The Bertz CT molecular complexity index is 1210. The SMILES string of the molecule is Cc1cc(Nc2ncc(Cl)c(C)n2)cc(-c2cnc(C3(C(=O)O)CCC(O)CC3(C)C)s2)c1. The van der Waals surface area contributed by atoms with E-state index in [1.54, 1.807) is 12.4 Å². The molecule has 0 bridgehead atoms. The van der Waals surface area contributed by atoms with E-state index in [-0.39, 0.29) is 0 Å². The summed E-state index contributed by atoms with van der Waals surface area (Å²) in [6.45, 7) is 7.63. The number of halogens is 1. The lowest BCUT2D eigenvalue weighted by Crippen LogP contribution is -2.53. The number of carboxylic acids is 1. The highest BCUT2D eigenvalue weighted by Gasteiger charge is 2.57. The number of hydrogen-bond acceptors (Lipinski definition) is 7. The summed E-state index contributed by atoms with van der Waals surface area (Å²) in [6, 6.07) is 6.00. The molecule has 0 radical (unpaired) electrons. The number of nitrogens with zero attached hydrogens (tertiary/aromatic N) is 3. The first-order valence-electron chi connectivity index (χ1n) is 10.8. The summed E-state index contributed by atoms with van der Waals surface area (Å²) in [6.07, 6.45) is 4.05. The van der Waals surface area contributed by atoms with Gasteiger partial charge in [-0.2, -0.15) is 0 Å². The van der Waals surface area contributed by atoms with Crippen LogP contribution in [-0.2, 0) is 10.2 Å². The number of carboxylic acid groups (broad SMARTS) is 1. The van der Waals surface area contributed by atoms with E-state index in [0.717, 1.165) is 21.7 Å². The number of carbonyl (C=O) groups is 1. The van der Waals surface area contributed by atoms with Crippen LogP contribution in [0.25, 0.3) is 10.4 Å². The number of hydrogen-bond donors (Lipinski definition) is 3. The van der Waals surface area contributed by atoms with Crippen LogP contribution in [0.15, 0.2) is 30.6 Å². The van der Waals surface area contributed by atoms with Gasteiger partial charge in [0.2, 0.25) is 5.95 Å². The minimum atomic E-state index is -1.13. The molecule has 1 saturated carbocycles. The Morgan fingerprint density at radius 3 is 2.64 bits per heavy atom. The highest BCUT2D eigenvalue weighted by atomic mass is 35.5. The van der Waals surface area contributed by atoms with E-state index >= 15 is 0 Å². The lowest BCUT2D eigenvalue weighted by molar-refractivity contribution is -0.153. The van der Waals surface area contributed by atoms with E-state index < -0.39 is 22.9 Å². The highest BCUT2D eigenvalue weighted by Crippen LogP contribution is 2.53. The molecule has 0 amide bonds. The molecular formula is C24H27ClN4O3S. The summed E-state index contributed by atoms with van der Waals surface area (Å²) in [5.41, 5.74) is 1.71. The van der Waals surface area contributed by atoms with Gasteiger partial charge in [-0.15, -0.1) is 11.3 Å². The van der Waals surface area contributed by atoms with Crippen molar-refractivity contribution in [2.45, 2.75) is 58.5 Å². The van der Waals surface area contributed by atoms with Gasteiger partial charge in [-0.1, -0.05) is 31.5 Å². The average molecular weight is 487 g/mol. The molecule has 1 fully saturated rings. The average Bonchev–Trinajstić information content (AvgIpc) is 3.20. The fourth-order valence-electron chi connectivity index (χ4n) is 4.72. The summed E-state index contributed by atoms with van der Waals surface area (Å²) >= 11 is 7.43. The Morgan fingerprint density at radius 1 is 1.21 bits per heavy atom. The van der Waals surface area contributed by atoms with Crippen molar-refractivity contribution in [3.63, 3.8) is 0 Å². The van der Waals surface area contributed by atoms with E-state index in [4.69, 9.17) is 11.6 Å². The summed E-state index contributed by atoms with van der Waals surface area (Å²) in [7, 11) is 0. The molecule has 7 nitrogen and oxygen atoms in total. The fraction of sp³-hybridized carbons (Fsp3) is 0.417. The molecule has 33 heavy (non-hydrogen) atoms. The number of nitrogens with one attached hydrogen (secondary N) is 1. The molecule has 1 aliphatic rings. The highest BCUT2D eigenvalue weighted by molar-refractivity contribution is 7.15. The maximum Gasteiger partial charge on any atom is 0.317 e. The molecule has 3 aromatic rings. The molecule has 9 heteroatoms. The van der Waals surface area contributed by atoms with Crippen molar-refractivity contribution in [2.75, 3.05) is 5.32 Å². The quantitative estimate of drug-likeness (QED) is 0.436. The lowest BCUT2D eigenvalue weighted by Gasteiger charge is -2.47. The van der Waals surface area contributed by atoms with Crippen LogP contribution >= 0.6 is 22.9 Å². The Balaban J connectivity index is 1.69. The Morgan fingerprint density at radius 2 is 1.97 bits per heavy atom. The van der Waals surface area contributed by atoms with E-state index in [2.05, 4.69) is 20.3 Å². The van der Waals surface area contributed by atoms with Crippen molar-refractivity contribution >= 4 is 40.5 Å². The van der Waals surface area contributed by atoms with Crippen LogP contribution in [0.4, 0.5) is 11.6 Å². The molecule has 2 atom stereocenters. The molecule has 1 aliphatic carbocycles. The van der Waals surface area contributed by atoms with E-state index in [0.29, 0.717) is 40.9 Å². The first-order chi connectivity index (χ1) is 15.5. The number of rotatable bonds is 5. The third-order valence-electron chi connectivity index (χ3n) is 6.53. The number of thiazole rings is 1. The fourth-order valence-corrected chi connectivity index (χ4v) is 6.10. The van der Waals surface area contributed by atoms with Crippen LogP contribution in [0.1, 0.15) is 49.4 Å². The maximum atomic E-state index is 12.6. The first kappa shape index (κ1) is 23.6. The molecule has 2 aromatic heterocycles. The van der Waals surface area contributed by atoms with Gasteiger partial charge in [0.25, 0.3) is 0 Å². The normalized spacial score (nSPS) is 22.2. The van der Waals surface area contributed by atoms with Crippen LogP contribution in [0.2, 0.25) is 5.02 Å². The van der Waals surface area contributed by atoms with Crippen molar-refractivity contribution in [3.8, 4) is 10.4 Å². The van der Waals surface area contributed by atoms with Gasteiger partial charge in [0, 0.05) is 11.9 Å². The molecular weight excluding hydrogens is 460 g/mol. The van der Waals surface area contributed by atoms with Crippen molar-refractivity contribution in [3.05, 3.63) is 51.9 Å². The van der Waals surface area contributed by atoms with Gasteiger partial charge < -0.3 is 15.5 Å². The zero-order valence-corrected chi connectivity index (χ0v) is 20.6. The third kappa shape index (κ3) is 4.35. The van der Waals surface area contributed by atoms with E-state index in [1.807, 2.05) is 45.9 Å². The van der Waals surface area contributed by atoms with Crippen molar-refractivity contribution in [1.82, 2.24) is 15.0 Å². The number of aliphatic hydroxyl groups is 1. The largest absolute Gasteiger partial charge is 0.480 e.